The van der Waals surface area contributed by atoms with Crippen LogP contribution < -0.4 is 10.6 Å². The normalized spacial score (nSPS) is 21.0. The molecule has 2 aromatic carbocycles. The first-order valence-corrected chi connectivity index (χ1v) is 6.90. The number of hydrogen-bond acceptors (Lipinski definition) is 3. The highest BCUT2D eigenvalue weighted by atomic mass is 35.5. The van der Waals surface area contributed by atoms with Crippen molar-refractivity contribution in [2.24, 2.45) is 0 Å². The fraction of sp³-hybridized carbons (Fsp3) is 0.312. The zero-order valence-corrected chi connectivity index (χ0v) is 12.4. The Bertz CT molecular complexity index is 627. The summed E-state index contributed by atoms with van der Waals surface area (Å²) in [4.78, 5) is 12.0. The standard InChI is InChI=1S/C16H18N2O2.ClH/c19-13-8-15(17-10-13)16(20)18-9-12-6-3-5-11-4-1-2-7-14(11)12;/h1-7,13,15,17,19H,8-10H2,(H,18,20);1H. The minimum atomic E-state index is -0.414. The molecule has 0 bridgehead atoms. The minimum Gasteiger partial charge on any atom is -0.392 e. The van der Waals surface area contributed by atoms with Gasteiger partial charge in [0.2, 0.25) is 5.91 Å². The summed E-state index contributed by atoms with van der Waals surface area (Å²) in [5.41, 5.74) is 1.11. The Labute approximate surface area is 130 Å². The lowest BCUT2D eigenvalue weighted by Crippen LogP contribution is -2.40. The molecule has 0 saturated carbocycles. The van der Waals surface area contributed by atoms with Crippen molar-refractivity contribution in [2.45, 2.75) is 25.1 Å². The van der Waals surface area contributed by atoms with Crippen molar-refractivity contribution in [3.05, 3.63) is 48.0 Å². The second-order valence-electron chi connectivity index (χ2n) is 5.21. The summed E-state index contributed by atoms with van der Waals surface area (Å²) in [5.74, 6) is -0.0468. The maximum atomic E-state index is 12.0. The van der Waals surface area contributed by atoms with Crippen molar-refractivity contribution in [3.63, 3.8) is 0 Å². The molecule has 0 spiro atoms. The quantitative estimate of drug-likeness (QED) is 0.807. The molecule has 0 radical (unpaired) electrons. The lowest BCUT2D eigenvalue weighted by molar-refractivity contribution is -0.123. The molecule has 1 aliphatic heterocycles. The molecule has 1 saturated heterocycles. The Kier molecular flexibility index (Phi) is 5.17. The van der Waals surface area contributed by atoms with E-state index in [0.29, 0.717) is 19.5 Å². The van der Waals surface area contributed by atoms with E-state index in [1.807, 2.05) is 24.3 Å². The SMILES string of the molecule is Cl.O=C(NCc1cccc2ccccc12)C1CC(O)CN1. The number of rotatable bonds is 3. The van der Waals surface area contributed by atoms with E-state index >= 15 is 0 Å². The van der Waals surface area contributed by atoms with Gasteiger partial charge in [0.1, 0.15) is 0 Å². The Morgan fingerprint density at radius 2 is 2.00 bits per heavy atom. The van der Waals surface area contributed by atoms with Crippen LogP contribution in [0.2, 0.25) is 0 Å². The van der Waals surface area contributed by atoms with Crippen LogP contribution in [0.4, 0.5) is 0 Å². The first-order chi connectivity index (χ1) is 9.74. The van der Waals surface area contributed by atoms with Gasteiger partial charge in [0.25, 0.3) is 0 Å². The van der Waals surface area contributed by atoms with E-state index in [4.69, 9.17) is 0 Å². The number of fused-ring (bicyclic) bond motifs is 1. The van der Waals surface area contributed by atoms with E-state index in [1.165, 1.54) is 5.39 Å². The number of aliphatic hydroxyl groups is 1. The van der Waals surface area contributed by atoms with Crippen LogP contribution in [0.25, 0.3) is 10.8 Å². The van der Waals surface area contributed by atoms with Crippen LogP contribution in [-0.2, 0) is 11.3 Å². The second kappa shape index (κ2) is 6.89. The third-order valence-corrected chi connectivity index (χ3v) is 3.76. The molecule has 112 valence electrons. The van der Waals surface area contributed by atoms with Crippen molar-refractivity contribution < 1.29 is 9.90 Å². The monoisotopic (exact) mass is 306 g/mol. The molecular formula is C16H19ClN2O2. The van der Waals surface area contributed by atoms with Crippen molar-refractivity contribution >= 4 is 29.1 Å². The lowest BCUT2D eigenvalue weighted by atomic mass is 10.0. The van der Waals surface area contributed by atoms with Gasteiger partial charge in [-0.15, -0.1) is 12.4 Å². The minimum absolute atomic E-state index is 0. The number of nitrogens with one attached hydrogen (secondary N) is 2. The van der Waals surface area contributed by atoms with Crippen LogP contribution >= 0.6 is 12.4 Å². The van der Waals surface area contributed by atoms with Gasteiger partial charge in [0.15, 0.2) is 0 Å². The average molecular weight is 307 g/mol. The summed E-state index contributed by atoms with van der Waals surface area (Å²) in [6.07, 6.45) is 0.0739. The number of halogens is 1. The van der Waals surface area contributed by atoms with Crippen molar-refractivity contribution in [3.8, 4) is 0 Å². The highest BCUT2D eigenvalue weighted by Gasteiger charge is 2.27. The number of aliphatic hydroxyl groups excluding tert-OH is 1. The van der Waals surface area contributed by atoms with Gasteiger partial charge in [0, 0.05) is 13.1 Å². The van der Waals surface area contributed by atoms with Crippen LogP contribution in [0.3, 0.4) is 0 Å². The van der Waals surface area contributed by atoms with Gasteiger partial charge in [0.05, 0.1) is 12.1 Å². The van der Waals surface area contributed by atoms with Crippen molar-refractivity contribution in [1.29, 1.82) is 0 Å². The van der Waals surface area contributed by atoms with E-state index in [-0.39, 0.29) is 24.4 Å². The zero-order chi connectivity index (χ0) is 13.9. The highest BCUT2D eigenvalue weighted by molar-refractivity contribution is 5.87. The molecule has 2 unspecified atom stereocenters. The Hall–Kier alpha value is -1.62. The Morgan fingerprint density at radius 1 is 1.24 bits per heavy atom. The van der Waals surface area contributed by atoms with Crippen LogP contribution in [0, 0.1) is 0 Å². The van der Waals surface area contributed by atoms with Gasteiger partial charge in [-0.3, -0.25) is 4.79 Å². The number of β-amino-alcohol motifs (C(OH)–C–C–N with tert-alkyl or cyclic N) is 1. The molecule has 2 aromatic rings. The van der Waals surface area contributed by atoms with Crippen LogP contribution in [-0.4, -0.2) is 29.7 Å². The number of carbonyl (C=O) groups is 1. The average Bonchev–Trinajstić information content (AvgIpc) is 2.91. The molecule has 4 nitrogen and oxygen atoms in total. The van der Waals surface area contributed by atoms with Crippen LogP contribution in [0.1, 0.15) is 12.0 Å². The first-order valence-electron chi connectivity index (χ1n) is 6.90. The van der Waals surface area contributed by atoms with E-state index < -0.39 is 6.10 Å². The summed E-state index contributed by atoms with van der Waals surface area (Å²) < 4.78 is 0. The van der Waals surface area contributed by atoms with Crippen LogP contribution in [0.5, 0.6) is 0 Å². The largest absolute Gasteiger partial charge is 0.392 e. The topological polar surface area (TPSA) is 61.4 Å². The molecule has 3 N–H and O–H groups in total. The van der Waals surface area contributed by atoms with Gasteiger partial charge in [-0.2, -0.15) is 0 Å². The number of carbonyl (C=O) groups excluding carboxylic acids is 1. The molecule has 3 rings (SSSR count). The molecule has 21 heavy (non-hydrogen) atoms. The van der Waals surface area contributed by atoms with E-state index in [1.54, 1.807) is 0 Å². The predicted molar refractivity (Wildman–Crippen MR) is 85.5 cm³/mol. The Balaban J connectivity index is 0.00000161. The molecule has 2 atom stereocenters. The van der Waals surface area contributed by atoms with Gasteiger partial charge in [-0.05, 0) is 22.8 Å². The molecule has 1 heterocycles. The molecule has 0 aromatic heterocycles. The smallest absolute Gasteiger partial charge is 0.237 e. The third kappa shape index (κ3) is 3.53. The van der Waals surface area contributed by atoms with Crippen LogP contribution in [0.15, 0.2) is 42.5 Å². The van der Waals surface area contributed by atoms with E-state index in [0.717, 1.165) is 10.9 Å². The lowest BCUT2D eigenvalue weighted by Gasteiger charge is -2.12. The summed E-state index contributed by atoms with van der Waals surface area (Å²) in [7, 11) is 0. The summed E-state index contributed by atoms with van der Waals surface area (Å²) in [6, 6.07) is 14.0. The molecule has 0 aliphatic carbocycles. The number of benzene rings is 2. The Morgan fingerprint density at radius 3 is 2.76 bits per heavy atom. The molecule has 1 amide bonds. The molecule has 1 fully saturated rings. The van der Waals surface area contributed by atoms with Crippen molar-refractivity contribution in [2.75, 3.05) is 6.54 Å². The zero-order valence-electron chi connectivity index (χ0n) is 11.6. The molecule has 5 heteroatoms. The van der Waals surface area contributed by atoms with Crippen molar-refractivity contribution in [1.82, 2.24) is 10.6 Å². The van der Waals surface area contributed by atoms with E-state index in [9.17, 15) is 9.90 Å². The van der Waals surface area contributed by atoms with E-state index in [2.05, 4.69) is 28.8 Å². The van der Waals surface area contributed by atoms with Gasteiger partial charge in [-0.1, -0.05) is 42.5 Å². The third-order valence-electron chi connectivity index (χ3n) is 3.76. The maximum Gasteiger partial charge on any atom is 0.237 e. The maximum absolute atomic E-state index is 12.0. The fourth-order valence-electron chi connectivity index (χ4n) is 2.67. The first kappa shape index (κ1) is 15.8. The summed E-state index contributed by atoms with van der Waals surface area (Å²) in [5, 5.41) is 17.7. The predicted octanol–water partition coefficient (Wildman–Crippen LogP) is 1.60. The van der Waals surface area contributed by atoms with Gasteiger partial charge >= 0.3 is 0 Å². The highest BCUT2D eigenvalue weighted by Crippen LogP contribution is 2.18. The molecule has 1 aliphatic rings. The second-order valence-corrected chi connectivity index (χ2v) is 5.21. The number of amides is 1. The summed E-state index contributed by atoms with van der Waals surface area (Å²) >= 11 is 0. The molecular weight excluding hydrogens is 288 g/mol. The van der Waals surface area contributed by atoms with Gasteiger partial charge < -0.3 is 15.7 Å². The van der Waals surface area contributed by atoms with Gasteiger partial charge in [-0.25, -0.2) is 0 Å². The summed E-state index contributed by atoms with van der Waals surface area (Å²) in [6.45, 7) is 1.00. The number of hydrogen-bond donors (Lipinski definition) is 3. The fourth-order valence-corrected chi connectivity index (χ4v) is 2.67.